The van der Waals surface area contributed by atoms with Gasteiger partial charge in [0, 0.05) is 28.2 Å². The van der Waals surface area contributed by atoms with Crippen LogP contribution in [-0.2, 0) is 11.3 Å². The third kappa shape index (κ3) is 4.69. The van der Waals surface area contributed by atoms with Crippen molar-refractivity contribution in [2.75, 3.05) is 11.1 Å². The number of hydrogen-bond donors (Lipinski definition) is 1. The van der Waals surface area contributed by atoms with Crippen LogP contribution >= 0.6 is 34.7 Å². The number of halogens is 1. The maximum atomic E-state index is 13.3. The lowest BCUT2D eigenvalue weighted by Crippen LogP contribution is -2.23. The lowest BCUT2D eigenvalue weighted by Gasteiger charge is -2.11. The number of benzene rings is 2. The molecule has 0 aliphatic carbocycles. The Balaban J connectivity index is 1.60. The minimum Gasteiger partial charge on any atom is -0.325 e. The van der Waals surface area contributed by atoms with Crippen molar-refractivity contribution in [1.82, 2.24) is 9.55 Å². The van der Waals surface area contributed by atoms with Crippen LogP contribution in [0.15, 0.2) is 63.9 Å². The van der Waals surface area contributed by atoms with Crippen LogP contribution in [0.25, 0.3) is 21.3 Å². The number of fused-ring (bicyclic) bond motifs is 1. The fourth-order valence-corrected chi connectivity index (χ4v) is 5.18. The molecule has 8 heteroatoms. The van der Waals surface area contributed by atoms with E-state index in [4.69, 9.17) is 16.6 Å². The van der Waals surface area contributed by atoms with Crippen molar-refractivity contribution in [3.05, 3.63) is 74.9 Å². The van der Waals surface area contributed by atoms with Crippen molar-refractivity contribution >= 4 is 56.5 Å². The quantitative estimate of drug-likeness (QED) is 0.284. The number of nitrogens with zero attached hydrogens (tertiary/aromatic N) is 2. The predicted octanol–water partition coefficient (Wildman–Crippen LogP) is 5.84. The summed E-state index contributed by atoms with van der Waals surface area (Å²) in [5.74, 6) is 0.0280. The van der Waals surface area contributed by atoms with Crippen LogP contribution in [0, 0.1) is 6.92 Å². The highest BCUT2D eigenvalue weighted by molar-refractivity contribution is 7.99. The maximum absolute atomic E-state index is 13.3. The molecular formula is C23H20ClN3O2S2. The SMILES string of the molecule is CCn1c(SCC(=O)Nc2ccc(C)cc2)nc2scc(-c3ccc(Cl)cc3)c2c1=O. The number of nitrogens with one attached hydrogen (secondary N) is 1. The molecule has 158 valence electrons. The van der Waals surface area contributed by atoms with E-state index in [9.17, 15) is 9.59 Å². The van der Waals surface area contributed by atoms with Gasteiger partial charge < -0.3 is 5.32 Å². The van der Waals surface area contributed by atoms with Gasteiger partial charge in [-0.3, -0.25) is 14.2 Å². The number of aromatic nitrogens is 2. The summed E-state index contributed by atoms with van der Waals surface area (Å²) < 4.78 is 1.62. The normalized spacial score (nSPS) is 11.1. The Kier molecular flexibility index (Phi) is 6.46. The molecule has 31 heavy (non-hydrogen) atoms. The smallest absolute Gasteiger partial charge is 0.263 e. The number of thioether (sulfide) groups is 1. The zero-order valence-corrected chi connectivity index (χ0v) is 19.4. The number of carbonyl (C=O) groups excluding carboxylic acids is 1. The predicted molar refractivity (Wildman–Crippen MR) is 131 cm³/mol. The number of amides is 1. The molecule has 2 aromatic heterocycles. The van der Waals surface area contributed by atoms with Crippen LogP contribution < -0.4 is 10.9 Å². The minimum absolute atomic E-state index is 0.0971. The number of thiophene rings is 1. The van der Waals surface area contributed by atoms with Gasteiger partial charge in [0.25, 0.3) is 5.56 Å². The standard InChI is InChI=1S/C23H20ClN3O2S2/c1-3-27-22(29)20-18(15-6-8-16(24)9-7-15)12-30-21(20)26-23(27)31-13-19(28)25-17-10-4-14(2)5-11-17/h4-12H,3,13H2,1-2H3,(H,25,28). The van der Waals surface area contributed by atoms with Crippen LogP contribution in [0.2, 0.25) is 5.02 Å². The number of anilines is 1. The molecule has 0 spiro atoms. The van der Waals surface area contributed by atoms with Crippen molar-refractivity contribution in [2.45, 2.75) is 25.5 Å². The van der Waals surface area contributed by atoms with Crippen molar-refractivity contribution in [1.29, 1.82) is 0 Å². The van der Waals surface area contributed by atoms with Gasteiger partial charge in [-0.15, -0.1) is 11.3 Å². The molecule has 4 aromatic rings. The van der Waals surface area contributed by atoms with Gasteiger partial charge in [-0.25, -0.2) is 4.98 Å². The van der Waals surface area contributed by atoms with Crippen molar-refractivity contribution in [2.24, 2.45) is 0 Å². The molecule has 0 bridgehead atoms. The summed E-state index contributed by atoms with van der Waals surface area (Å²) in [6.45, 7) is 4.37. The molecule has 0 aliphatic rings. The topological polar surface area (TPSA) is 64.0 Å². The molecule has 2 heterocycles. The van der Waals surface area contributed by atoms with Gasteiger partial charge in [0.05, 0.1) is 11.1 Å². The van der Waals surface area contributed by atoms with Crippen molar-refractivity contribution < 1.29 is 4.79 Å². The van der Waals surface area contributed by atoms with E-state index in [2.05, 4.69) is 5.32 Å². The third-order valence-corrected chi connectivity index (χ3v) is 6.90. The number of hydrogen-bond acceptors (Lipinski definition) is 5. The first kappa shape index (κ1) is 21.6. The Morgan fingerprint density at radius 1 is 1.16 bits per heavy atom. The molecule has 0 saturated carbocycles. The van der Waals surface area contributed by atoms with Gasteiger partial charge in [-0.1, -0.05) is 53.2 Å². The van der Waals surface area contributed by atoms with Crippen LogP contribution in [0.5, 0.6) is 0 Å². The fourth-order valence-electron chi connectivity index (χ4n) is 3.20. The summed E-state index contributed by atoms with van der Waals surface area (Å²) in [6, 6.07) is 15.0. The molecule has 0 unspecified atom stereocenters. The summed E-state index contributed by atoms with van der Waals surface area (Å²) in [6.07, 6.45) is 0. The molecular weight excluding hydrogens is 450 g/mol. The molecule has 1 amide bonds. The monoisotopic (exact) mass is 469 g/mol. The Labute approximate surface area is 193 Å². The van der Waals surface area contributed by atoms with E-state index in [1.165, 1.54) is 23.1 Å². The maximum Gasteiger partial charge on any atom is 0.263 e. The minimum atomic E-state index is -0.140. The van der Waals surface area contributed by atoms with E-state index < -0.39 is 0 Å². The van der Waals surface area contributed by atoms with Gasteiger partial charge in [-0.05, 0) is 43.7 Å². The Bertz CT molecular complexity index is 1300. The molecule has 2 aromatic carbocycles. The second kappa shape index (κ2) is 9.26. The largest absolute Gasteiger partial charge is 0.325 e. The zero-order valence-electron chi connectivity index (χ0n) is 17.0. The van der Waals surface area contributed by atoms with Gasteiger partial charge in [0.1, 0.15) is 4.83 Å². The van der Waals surface area contributed by atoms with E-state index in [0.717, 1.165) is 22.4 Å². The van der Waals surface area contributed by atoms with Crippen LogP contribution in [0.4, 0.5) is 5.69 Å². The molecule has 0 atom stereocenters. The summed E-state index contributed by atoms with van der Waals surface area (Å²) in [4.78, 5) is 31.0. The highest BCUT2D eigenvalue weighted by Gasteiger charge is 2.17. The average molecular weight is 470 g/mol. The Hall–Kier alpha value is -2.61. The molecule has 5 nitrogen and oxygen atoms in total. The van der Waals surface area contributed by atoms with Crippen LogP contribution in [0.3, 0.4) is 0 Å². The van der Waals surface area contributed by atoms with Crippen molar-refractivity contribution in [3.63, 3.8) is 0 Å². The van der Waals surface area contributed by atoms with E-state index in [0.29, 0.717) is 26.9 Å². The van der Waals surface area contributed by atoms with E-state index in [1.807, 2.05) is 67.8 Å². The summed E-state index contributed by atoms with van der Waals surface area (Å²) in [7, 11) is 0. The summed E-state index contributed by atoms with van der Waals surface area (Å²) >= 11 is 8.69. The molecule has 0 fully saturated rings. The van der Waals surface area contributed by atoms with E-state index in [-0.39, 0.29) is 17.2 Å². The number of aryl methyl sites for hydroxylation is 1. The second-order valence-electron chi connectivity index (χ2n) is 6.98. The first-order chi connectivity index (χ1) is 15.0. The van der Waals surface area contributed by atoms with Gasteiger partial charge >= 0.3 is 0 Å². The van der Waals surface area contributed by atoms with Gasteiger partial charge in [0.2, 0.25) is 5.91 Å². The lowest BCUT2D eigenvalue weighted by atomic mass is 10.1. The average Bonchev–Trinajstić information content (AvgIpc) is 3.19. The van der Waals surface area contributed by atoms with E-state index >= 15 is 0 Å². The first-order valence-corrected chi connectivity index (χ1v) is 12.0. The summed E-state index contributed by atoms with van der Waals surface area (Å²) in [5.41, 5.74) is 3.56. The van der Waals surface area contributed by atoms with E-state index in [1.54, 1.807) is 4.57 Å². The molecule has 1 N–H and O–H groups in total. The summed E-state index contributed by atoms with van der Waals surface area (Å²) in [5, 5.41) is 6.61. The molecule has 4 rings (SSSR count). The molecule has 0 saturated heterocycles. The van der Waals surface area contributed by atoms with Gasteiger partial charge in [-0.2, -0.15) is 0 Å². The third-order valence-electron chi connectivity index (χ3n) is 4.80. The number of rotatable bonds is 6. The highest BCUT2D eigenvalue weighted by atomic mass is 35.5. The first-order valence-electron chi connectivity index (χ1n) is 9.73. The number of carbonyl (C=O) groups is 1. The molecule has 0 radical (unpaired) electrons. The highest BCUT2D eigenvalue weighted by Crippen LogP contribution is 2.32. The molecule has 0 aliphatic heterocycles. The zero-order chi connectivity index (χ0) is 22.0. The van der Waals surface area contributed by atoms with Gasteiger partial charge in [0.15, 0.2) is 5.16 Å². The van der Waals surface area contributed by atoms with Crippen molar-refractivity contribution in [3.8, 4) is 11.1 Å². The van der Waals surface area contributed by atoms with Crippen LogP contribution in [0.1, 0.15) is 12.5 Å². The fraction of sp³-hybridized carbons (Fsp3) is 0.174. The lowest BCUT2D eigenvalue weighted by molar-refractivity contribution is -0.113. The second-order valence-corrected chi connectivity index (χ2v) is 9.22. The Morgan fingerprint density at radius 2 is 1.87 bits per heavy atom. The Morgan fingerprint density at radius 3 is 2.55 bits per heavy atom. The van der Waals surface area contributed by atoms with Crippen LogP contribution in [-0.4, -0.2) is 21.2 Å².